The van der Waals surface area contributed by atoms with Crippen molar-refractivity contribution in [3.63, 3.8) is 0 Å². The van der Waals surface area contributed by atoms with E-state index in [-0.39, 0.29) is 5.75 Å². The van der Waals surface area contributed by atoms with Crippen LogP contribution in [0.25, 0.3) is 0 Å². The summed E-state index contributed by atoms with van der Waals surface area (Å²) in [6, 6.07) is 6.67. The molecule has 0 unspecified atom stereocenters. The normalized spacial score (nSPS) is 8.54. The van der Waals surface area contributed by atoms with E-state index < -0.39 is 0 Å². The number of benzene rings is 1. The zero-order valence-electron chi connectivity index (χ0n) is 7.96. The monoisotopic (exact) mass is 294 g/mol. The third kappa shape index (κ3) is 6.69. The molecule has 1 aromatic carbocycles. The molecule has 0 heterocycles. The van der Waals surface area contributed by atoms with Gasteiger partial charge in [0.1, 0.15) is 11.5 Å². The predicted molar refractivity (Wildman–Crippen MR) is 63.8 cm³/mol. The molecule has 3 heteroatoms. The van der Waals surface area contributed by atoms with Crippen LogP contribution in [-0.2, 0) is 0 Å². The fourth-order valence-corrected chi connectivity index (χ4v) is 0.709. The number of aromatic hydroxyl groups is 1. The van der Waals surface area contributed by atoms with E-state index in [2.05, 4.69) is 29.5 Å². The van der Waals surface area contributed by atoms with Gasteiger partial charge in [0.2, 0.25) is 0 Å². The molecule has 0 radical (unpaired) electrons. The van der Waals surface area contributed by atoms with Crippen LogP contribution in [0.3, 0.4) is 0 Å². The minimum atomic E-state index is 0.267. The molecule has 0 saturated carbocycles. The van der Waals surface area contributed by atoms with Gasteiger partial charge in [-0.25, -0.2) is 0 Å². The molecule has 0 bridgehead atoms. The van der Waals surface area contributed by atoms with Crippen molar-refractivity contribution < 1.29 is 9.84 Å². The van der Waals surface area contributed by atoms with E-state index in [0.29, 0.717) is 6.61 Å². The van der Waals surface area contributed by atoms with Crippen molar-refractivity contribution in [2.45, 2.75) is 13.8 Å². The second kappa shape index (κ2) is 8.16. The minimum absolute atomic E-state index is 0.267. The fraction of sp³-hybridized carbons (Fsp3) is 0.400. The first-order valence-electron chi connectivity index (χ1n) is 4.22. The summed E-state index contributed by atoms with van der Waals surface area (Å²) in [5.74, 6) is 1.06. The van der Waals surface area contributed by atoms with E-state index in [1.54, 1.807) is 24.3 Å². The number of ether oxygens (including phenoxy) is 1. The average molecular weight is 294 g/mol. The van der Waals surface area contributed by atoms with Gasteiger partial charge in [0.25, 0.3) is 0 Å². The van der Waals surface area contributed by atoms with Gasteiger partial charge < -0.3 is 9.84 Å². The zero-order valence-corrected chi connectivity index (χ0v) is 10.1. The van der Waals surface area contributed by atoms with E-state index in [1.165, 1.54) is 4.43 Å². The van der Waals surface area contributed by atoms with Crippen molar-refractivity contribution in [3.05, 3.63) is 24.3 Å². The van der Waals surface area contributed by atoms with E-state index in [4.69, 9.17) is 9.84 Å². The molecule has 0 saturated heterocycles. The summed E-state index contributed by atoms with van der Waals surface area (Å²) in [6.07, 6.45) is 0. The molecular weight excluding hydrogens is 279 g/mol. The topological polar surface area (TPSA) is 29.5 Å². The Labute approximate surface area is 93.1 Å². The number of rotatable bonds is 2. The van der Waals surface area contributed by atoms with Crippen LogP contribution in [0.15, 0.2) is 24.3 Å². The number of halogens is 1. The molecule has 13 heavy (non-hydrogen) atoms. The summed E-state index contributed by atoms with van der Waals surface area (Å²) in [6.45, 7) is 4.69. The number of alkyl halides is 1. The Morgan fingerprint density at radius 1 is 1.23 bits per heavy atom. The lowest BCUT2D eigenvalue weighted by Gasteiger charge is -2.00. The van der Waals surface area contributed by atoms with Gasteiger partial charge in [0.05, 0.1) is 6.61 Å². The Hall–Kier alpha value is -0.450. The number of phenols is 1. The maximum Gasteiger partial charge on any atom is 0.119 e. The summed E-state index contributed by atoms with van der Waals surface area (Å²) in [7, 11) is 0. The molecule has 0 amide bonds. The SMILES string of the molecule is CCI.CCOc1ccc(O)cc1. The Morgan fingerprint density at radius 2 is 1.69 bits per heavy atom. The lowest BCUT2D eigenvalue weighted by atomic mass is 10.3. The lowest BCUT2D eigenvalue weighted by molar-refractivity contribution is 0.339. The third-order valence-electron chi connectivity index (χ3n) is 1.15. The van der Waals surface area contributed by atoms with Crippen LogP contribution < -0.4 is 4.74 Å². The van der Waals surface area contributed by atoms with Gasteiger partial charge in [-0.1, -0.05) is 29.5 Å². The molecule has 74 valence electrons. The highest BCUT2D eigenvalue weighted by Crippen LogP contribution is 2.15. The van der Waals surface area contributed by atoms with Crippen molar-refractivity contribution in [2.75, 3.05) is 11.0 Å². The highest BCUT2D eigenvalue weighted by atomic mass is 127. The zero-order chi connectivity index (χ0) is 10.1. The van der Waals surface area contributed by atoms with Crippen LogP contribution in [-0.4, -0.2) is 16.1 Å². The van der Waals surface area contributed by atoms with Crippen molar-refractivity contribution in [3.8, 4) is 11.5 Å². The standard InChI is InChI=1S/C8H10O2.C2H5I/c1-2-10-8-5-3-7(9)4-6-8;1-2-3/h3-6,9H,2H2,1H3;2H2,1H3. The van der Waals surface area contributed by atoms with Gasteiger partial charge >= 0.3 is 0 Å². The quantitative estimate of drug-likeness (QED) is 0.670. The molecule has 0 aliphatic rings. The number of hydrogen-bond donors (Lipinski definition) is 1. The summed E-state index contributed by atoms with van der Waals surface area (Å²) in [4.78, 5) is 0. The highest BCUT2D eigenvalue weighted by molar-refractivity contribution is 14.1. The smallest absolute Gasteiger partial charge is 0.119 e. The summed E-state index contributed by atoms with van der Waals surface area (Å²) >= 11 is 2.29. The van der Waals surface area contributed by atoms with Gasteiger partial charge in [-0.2, -0.15) is 0 Å². The predicted octanol–water partition coefficient (Wildman–Crippen LogP) is 3.23. The van der Waals surface area contributed by atoms with Gasteiger partial charge in [-0.3, -0.25) is 0 Å². The van der Waals surface area contributed by atoms with Crippen molar-refractivity contribution in [1.82, 2.24) is 0 Å². The maximum atomic E-state index is 8.87. The van der Waals surface area contributed by atoms with Gasteiger partial charge in [0.15, 0.2) is 0 Å². The highest BCUT2D eigenvalue weighted by Gasteiger charge is 1.89. The van der Waals surface area contributed by atoms with Gasteiger partial charge in [0, 0.05) is 0 Å². The Balaban J connectivity index is 0.000000424. The molecule has 0 aliphatic carbocycles. The van der Waals surface area contributed by atoms with Crippen molar-refractivity contribution in [2.24, 2.45) is 0 Å². The van der Waals surface area contributed by atoms with Crippen LogP contribution in [0.5, 0.6) is 11.5 Å². The molecule has 0 spiro atoms. The van der Waals surface area contributed by atoms with Crippen LogP contribution in [0.4, 0.5) is 0 Å². The van der Waals surface area contributed by atoms with Crippen LogP contribution in [0.2, 0.25) is 0 Å². The van der Waals surface area contributed by atoms with Gasteiger partial charge in [-0.05, 0) is 35.6 Å². The maximum absolute atomic E-state index is 8.87. The Bertz CT molecular complexity index is 209. The summed E-state index contributed by atoms with van der Waals surface area (Å²) in [5.41, 5.74) is 0. The van der Waals surface area contributed by atoms with Gasteiger partial charge in [-0.15, -0.1) is 0 Å². The van der Waals surface area contributed by atoms with Crippen LogP contribution in [0, 0.1) is 0 Å². The minimum Gasteiger partial charge on any atom is -0.508 e. The molecule has 1 rings (SSSR count). The molecule has 2 nitrogen and oxygen atoms in total. The molecule has 1 N–H and O–H groups in total. The van der Waals surface area contributed by atoms with Crippen LogP contribution in [0.1, 0.15) is 13.8 Å². The Morgan fingerprint density at radius 3 is 2.08 bits per heavy atom. The van der Waals surface area contributed by atoms with Crippen molar-refractivity contribution in [1.29, 1.82) is 0 Å². The molecule has 1 aromatic rings. The number of phenolic OH excluding ortho intramolecular Hbond substituents is 1. The molecule has 0 atom stereocenters. The van der Waals surface area contributed by atoms with E-state index in [1.807, 2.05) is 6.92 Å². The van der Waals surface area contributed by atoms with E-state index in [0.717, 1.165) is 5.75 Å². The van der Waals surface area contributed by atoms with E-state index in [9.17, 15) is 0 Å². The van der Waals surface area contributed by atoms with E-state index >= 15 is 0 Å². The Kier molecular flexibility index (Phi) is 7.88. The second-order valence-electron chi connectivity index (χ2n) is 2.19. The molecule has 0 aromatic heterocycles. The van der Waals surface area contributed by atoms with Crippen molar-refractivity contribution >= 4 is 22.6 Å². The summed E-state index contributed by atoms with van der Waals surface area (Å²) < 4.78 is 6.37. The largest absolute Gasteiger partial charge is 0.508 e. The second-order valence-corrected chi connectivity index (χ2v) is 3.72. The first-order chi connectivity index (χ1) is 6.24. The molecular formula is C10H15IO2. The number of hydrogen-bond acceptors (Lipinski definition) is 2. The lowest BCUT2D eigenvalue weighted by Crippen LogP contribution is -1.89. The first-order valence-corrected chi connectivity index (χ1v) is 5.74. The third-order valence-corrected chi connectivity index (χ3v) is 1.15. The molecule has 0 fully saturated rings. The average Bonchev–Trinajstić information content (AvgIpc) is 2.11. The molecule has 0 aliphatic heterocycles. The first kappa shape index (κ1) is 12.6. The van der Waals surface area contributed by atoms with Crippen LogP contribution >= 0.6 is 22.6 Å². The fourth-order valence-electron chi connectivity index (χ4n) is 0.709. The summed E-state index contributed by atoms with van der Waals surface area (Å²) in [5, 5.41) is 8.87.